The standard InChI is InChI=1S/C9H13N3O3/c1-14-4-3-10-7-5-8(9(13)15-2)12-11-6-7/h5-6H,3-4H2,1-2H3,(H,10,12). The minimum absolute atomic E-state index is 0.180. The summed E-state index contributed by atoms with van der Waals surface area (Å²) < 4.78 is 9.40. The van der Waals surface area contributed by atoms with Crippen LogP contribution in [0.1, 0.15) is 10.5 Å². The minimum Gasteiger partial charge on any atom is -0.464 e. The maximum absolute atomic E-state index is 11.1. The van der Waals surface area contributed by atoms with Crippen molar-refractivity contribution in [1.82, 2.24) is 10.2 Å². The summed E-state index contributed by atoms with van der Waals surface area (Å²) in [6, 6.07) is 1.58. The van der Waals surface area contributed by atoms with Crippen LogP contribution in [0.15, 0.2) is 12.3 Å². The van der Waals surface area contributed by atoms with Gasteiger partial charge in [0.15, 0.2) is 5.69 Å². The fourth-order valence-corrected chi connectivity index (χ4v) is 0.965. The summed E-state index contributed by atoms with van der Waals surface area (Å²) in [5, 5.41) is 10.4. The van der Waals surface area contributed by atoms with Gasteiger partial charge in [-0.05, 0) is 6.07 Å². The summed E-state index contributed by atoms with van der Waals surface area (Å²) in [5.41, 5.74) is 0.891. The van der Waals surface area contributed by atoms with E-state index in [4.69, 9.17) is 4.74 Å². The van der Waals surface area contributed by atoms with Gasteiger partial charge in [-0.3, -0.25) is 0 Å². The lowest BCUT2D eigenvalue weighted by atomic mass is 10.3. The zero-order valence-corrected chi connectivity index (χ0v) is 8.69. The number of methoxy groups -OCH3 is 2. The number of ether oxygens (including phenoxy) is 2. The molecule has 0 aliphatic heterocycles. The van der Waals surface area contributed by atoms with E-state index in [1.165, 1.54) is 13.3 Å². The van der Waals surface area contributed by atoms with E-state index in [2.05, 4.69) is 20.3 Å². The van der Waals surface area contributed by atoms with Gasteiger partial charge >= 0.3 is 5.97 Å². The van der Waals surface area contributed by atoms with Crippen LogP contribution in [0.3, 0.4) is 0 Å². The second-order valence-corrected chi connectivity index (χ2v) is 2.74. The highest BCUT2D eigenvalue weighted by molar-refractivity contribution is 5.87. The van der Waals surface area contributed by atoms with Crippen molar-refractivity contribution in [1.29, 1.82) is 0 Å². The lowest BCUT2D eigenvalue weighted by Crippen LogP contribution is -2.10. The van der Waals surface area contributed by atoms with Crippen LogP contribution in [0, 0.1) is 0 Å². The number of anilines is 1. The molecule has 0 saturated carbocycles. The molecule has 0 aliphatic carbocycles. The van der Waals surface area contributed by atoms with Crippen molar-refractivity contribution in [2.75, 3.05) is 32.7 Å². The summed E-state index contributed by atoms with van der Waals surface area (Å²) in [4.78, 5) is 11.1. The molecule has 0 atom stereocenters. The normalized spacial score (nSPS) is 9.73. The third-order valence-electron chi connectivity index (χ3n) is 1.68. The van der Waals surface area contributed by atoms with Crippen molar-refractivity contribution in [3.63, 3.8) is 0 Å². The molecule has 0 aromatic carbocycles. The molecule has 1 N–H and O–H groups in total. The molecule has 0 aliphatic rings. The third kappa shape index (κ3) is 3.51. The number of nitrogens with zero attached hydrogens (tertiary/aromatic N) is 2. The molecule has 0 bridgehead atoms. The number of hydrogen-bond acceptors (Lipinski definition) is 6. The van der Waals surface area contributed by atoms with E-state index in [-0.39, 0.29) is 5.69 Å². The van der Waals surface area contributed by atoms with E-state index < -0.39 is 5.97 Å². The smallest absolute Gasteiger partial charge is 0.358 e. The summed E-state index contributed by atoms with van der Waals surface area (Å²) in [6.45, 7) is 1.22. The van der Waals surface area contributed by atoms with Crippen molar-refractivity contribution in [3.05, 3.63) is 18.0 Å². The van der Waals surface area contributed by atoms with Gasteiger partial charge in [-0.1, -0.05) is 0 Å². The molecule has 0 radical (unpaired) electrons. The van der Waals surface area contributed by atoms with Crippen LogP contribution in [-0.2, 0) is 9.47 Å². The molecular weight excluding hydrogens is 198 g/mol. The molecule has 0 amide bonds. The molecule has 0 fully saturated rings. The number of carbonyl (C=O) groups is 1. The first-order chi connectivity index (χ1) is 7.27. The molecule has 6 nitrogen and oxygen atoms in total. The number of hydrogen-bond donors (Lipinski definition) is 1. The van der Waals surface area contributed by atoms with Crippen LogP contribution in [0.25, 0.3) is 0 Å². The second-order valence-electron chi connectivity index (χ2n) is 2.74. The maximum Gasteiger partial charge on any atom is 0.358 e. The Bertz CT molecular complexity index is 330. The molecule has 0 unspecified atom stereocenters. The van der Waals surface area contributed by atoms with Gasteiger partial charge in [0, 0.05) is 13.7 Å². The largest absolute Gasteiger partial charge is 0.464 e. The van der Waals surface area contributed by atoms with Crippen molar-refractivity contribution in [2.45, 2.75) is 0 Å². The van der Waals surface area contributed by atoms with Crippen LogP contribution < -0.4 is 5.32 Å². The van der Waals surface area contributed by atoms with Crippen LogP contribution in [0.2, 0.25) is 0 Å². The lowest BCUT2D eigenvalue weighted by Gasteiger charge is -2.05. The topological polar surface area (TPSA) is 73.3 Å². The monoisotopic (exact) mass is 211 g/mol. The van der Waals surface area contributed by atoms with E-state index in [0.717, 1.165) is 0 Å². The zero-order chi connectivity index (χ0) is 11.1. The fraction of sp³-hybridized carbons (Fsp3) is 0.444. The van der Waals surface area contributed by atoms with Gasteiger partial charge < -0.3 is 14.8 Å². The molecule has 1 rings (SSSR count). The fourth-order valence-electron chi connectivity index (χ4n) is 0.965. The van der Waals surface area contributed by atoms with Crippen molar-refractivity contribution in [2.24, 2.45) is 0 Å². The molecular formula is C9H13N3O3. The predicted molar refractivity (Wildman–Crippen MR) is 53.7 cm³/mol. The first-order valence-corrected chi connectivity index (χ1v) is 4.41. The molecule has 1 heterocycles. The Hall–Kier alpha value is -1.69. The molecule has 6 heteroatoms. The summed E-state index contributed by atoms with van der Waals surface area (Å²) in [5.74, 6) is -0.502. The van der Waals surface area contributed by atoms with E-state index in [0.29, 0.717) is 18.8 Å². The third-order valence-corrected chi connectivity index (χ3v) is 1.68. The maximum atomic E-state index is 11.1. The molecule has 15 heavy (non-hydrogen) atoms. The van der Waals surface area contributed by atoms with E-state index in [1.807, 2.05) is 0 Å². The van der Waals surface area contributed by atoms with Crippen LogP contribution in [0.4, 0.5) is 5.69 Å². The lowest BCUT2D eigenvalue weighted by molar-refractivity contribution is 0.0592. The summed E-state index contributed by atoms with van der Waals surface area (Å²) in [6.07, 6.45) is 1.53. The minimum atomic E-state index is -0.502. The summed E-state index contributed by atoms with van der Waals surface area (Å²) >= 11 is 0. The first kappa shape index (κ1) is 11.4. The average Bonchev–Trinajstić information content (AvgIpc) is 2.29. The zero-order valence-electron chi connectivity index (χ0n) is 8.69. The Labute approximate surface area is 87.6 Å². The summed E-state index contributed by atoms with van der Waals surface area (Å²) in [7, 11) is 2.92. The number of esters is 1. The van der Waals surface area contributed by atoms with E-state index in [9.17, 15) is 4.79 Å². The average molecular weight is 211 g/mol. The Morgan fingerprint density at radius 1 is 1.53 bits per heavy atom. The Kier molecular flexibility index (Phi) is 4.49. The van der Waals surface area contributed by atoms with Crippen molar-refractivity contribution >= 4 is 11.7 Å². The number of carbonyl (C=O) groups excluding carboxylic acids is 1. The number of aromatic nitrogens is 2. The molecule has 82 valence electrons. The van der Waals surface area contributed by atoms with Gasteiger partial charge in [-0.25, -0.2) is 4.79 Å². The Morgan fingerprint density at radius 2 is 2.33 bits per heavy atom. The van der Waals surface area contributed by atoms with Gasteiger partial charge in [-0.15, -0.1) is 5.10 Å². The predicted octanol–water partition coefficient (Wildman–Crippen LogP) is 0.321. The van der Waals surface area contributed by atoms with Gasteiger partial charge in [0.2, 0.25) is 0 Å². The highest BCUT2D eigenvalue weighted by Gasteiger charge is 2.07. The molecule has 1 aromatic rings. The highest BCUT2D eigenvalue weighted by atomic mass is 16.5. The molecule has 1 aromatic heterocycles. The molecule has 0 saturated heterocycles. The van der Waals surface area contributed by atoms with Gasteiger partial charge in [0.25, 0.3) is 0 Å². The van der Waals surface area contributed by atoms with Crippen LogP contribution in [0.5, 0.6) is 0 Å². The molecule has 0 spiro atoms. The quantitative estimate of drug-likeness (QED) is 0.558. The second kappa shape index (κ2) is 5.92. The van der Waals surface area contributed by atoms with Crippen LogP contribution in [-0.4, -0.2) is 43.5 Å². The SMILES string of the molecule is COCCNc1cnnc(C(=O)OC)c1. The number of nitrogens with one attached hydrogen (secondary N) is 1. The van der Waals surface area contributed by atoms with E-state index in [1.54, 1.807) is 13.2 Å². The van der Waals surface area contributed by atoms with Gasteiger partial charge in [-0.2, -0.15) is 5.10 Å². The van der Waals surface area contributed by atoms with Gasteiger partial charge in [0.05, 0.1) is 25.6 Å². The Morgan fingerprint density at radius 3 is 3.00 bits per heavy atom. The Balaban J connectivity index is 2.62. The van der Waals surface area contributed by atoms with Crippen molar-refractivity contribution in [3.8, 4) is 0 Å². The number of rotatable bonds is 5. The van der Waals surface area contributed by atoms with Crippen LogP contribution >= 0.6 is 0 Å². The highest BCUT2D eigenvalue weighted by Crippen LogP contribution is 2.06. The first-order valence-electron chi connectivity index (χ1n) is 4.41. The van der Waals surface area contributed by atoms with Gasteiger partial charge in [0.1, 0.15) is 0 Å². The van der Waals surface area contributed by atoms with E-state index >= 15 is 0 Å². The van der Waals surface area contributed by atoms with Crippen molar-refractivity contribution < 1.29 is 14.3 Å².